The molecule has 1 saturated heterocycles. The van der Waals surface area contributed by atoms with Gasteiger partial charge < -0.3 is 9.94 Å². The molecule has 0 aliphatic carbocycles. The Labute approximate surface area is 62.8 Å². The lowest BCUT2D eigenvalue weighted by molar-refractivity contribution is -0.187. The van der Waals surface area contributed by atoms with Crippen LogP contribution in [-0.2, 0) is 14.4 Å². The molecule has 0 unspecified atom stereocenters. The van der Waals surface area contributed by atoms with E-state index in [0.717, 1.165) is 17.4 Å². The number of hydrogen-bond donors (Lipinski definition) is 1. The molecule has 1 aliphatic rings. The van der Waals surface area contributed by atoms with Crippen molar-refractivity contribution in [2.24, 2.45) is 0 Å². The fraction of sp³-hybridized carbons (Fsp3) is 0.333. The van der Waals surface area contributed by atoms with Gasteiger partial charge in [0.25, 0.3) is 5.91 Å². The second-order valence-corrected chi connectivity index (χ2v) is 1.99. The zero-order valence-electron chi connectivity index (χ0n) is 5.69. The fourth-order valence-corrected chi connectivity index (χ4v) is 0.568. The van der Waals surface area contributed by atoms with E-state index in [0.29, 0.717) is 13.0 Å². The van der Waals surface area contributed by atoms with E-state index in [1.54, 1.807) is 0 Å². The Hall–Kier alpha value is -1.52. The van der Waals surface area contributed by atoms with E-state index in [-0.39, 0.29) is 5.91 Å². The monoisotopic (exact) mass is 157 g/mol. The van der Waals surface area contributed by atoms with Gasteiger partial charge in [0.2, 0.25) is 0 Å². The molecule has 0 atom stereocenters. The molecule has 1 N–H and O–H groups in total. The third-order valence-corrected chi connectivity index (χ3v) is 1.21. The first-order chi connectivity index (χ1) is 5.20. The minimum Gasteiger partial charge on any atom is -0.478 e. The number of nitrogens with zero attached hydrogens (tertiary/aromatic N) is 1. The van der Waals surface area contributed by atoms with Crippen LogP contribution in [-0.4, -0.2) is 28.6 Å². The van der Waals surface area contributed by atoms with E-state index in [1.807, 2.05) is 0 Å². The number of carbonyl (C=O) groups is 2. The van der Waals surface area contributed by atoms with Gasteiger partial charge in [-0.2, -0.15) is 5.06 Å². The Kier molecular flexibility index (Phi) is 2.10. The average Bonchev–Trinajstić information content (AvgIpc) is 1.94. The summed E-state index contributed by atoms with van der Waals surface area (Å²) in [6, 6.07) is 0. The highest BCUT2D eigenvalue weighted by atomic mass is 16.7. The lowest BCUT2D eigenvalue weighted by atomic mass is 10.3. The Balaban J connectivity index is 2.22. The van der Waals surface area contributed by atoms with Gasteiger partial charge in [0, 0.05) is 0 Å². The molecule has 0 aromatic carbocycles. The molecule has 0 bridgehead atoms. The van der Waals surface area contributed by atoms with Crippen molar-refractivity contribution in [2.75, 3.05) is 6.54 Å². The minimum absolute atomic E-state index is 0.125. The molecule has 0 aromatic rings. The molecule has 60 valence electrons. The van der Waals surface area contributed by atoms with E-state index in [1.165, 1.54) is 0 Å². The van der Waals surface area contributed by atoms with Crippen LogP contribution in [0.1, 0.15) is 6.42 Å². The standard InChI is InChI=1S/C6H7NO4/c8-5-1-3-7(5)11-4-2-6(9)10/h2,4H,1,3H2,(H,9,10). The molecule has 5 heteroatoms. The third kappa shape index (κ3) is 1.96. The molecular formula is C6H7NO4. The average molecular weight is 157 g/mol. The first-order valence-electron chi connectivity index (χ1n) is 3.07. The fourth-order valence-electron chi connectivity index (χ4n) is 0.568. The molecule has 1 aliphatic heterocycles. The molecule has 1 rings (SSSR count). The topological polar surface area (TPSA) is 66.8 Å². The van der Waals surface area contributed by atoms with Crippen LogP contribution in [0.5, 0.6) is 0 Å². The van der Waals surface area contributed by atoms with Crippen LogP contribution in [0.2, 0.25) is 0 Å². The zero-order chi connectivity index (χ0) is 8.27. The summed E-state index contributed by atoms with van der Waals surface area (Å²) in [5.74, 6) is -1.22. The molecule has 0 aromatic heterocycles. The molecule has 5 nitrogen and oxygen atoms in total. The van der Waals surface area contributed by atoms with Crippen molar-refractivity contribution in [2.45, 2.75) is 6.42 Å². The summed E-state index contributed by atoms with van der Waals surface area (Å²) >= 11 is 0. The molecule has 0 radical (unpaired) electrons. The molecule has 1 heterocycles. The summed E-state index contributed by atoms with van der Waals surface area (Å²) in [6.07, 6.45) is 2.27. The lowest BCUT2D eigenvalue weighted by Gasteiger charge is -2.27. The quantitative estimate of drug-likeness (QED) is 0.348. The summed E-state index contributed by atoms with van der Waals surface area (Å²) in [5, 5.41) is 9.21. The van der Waals surface area contributed by atoms with Gasteiger partial charge in [0.15, 0.2) is 0 Å². The van der Waals surface area contributed by atoms with Crippen LogP contribution >= 0.6 is 0 Å². The molecular weight excluding hydrogens is 150 g/mol. The van der Waals surface area contributed by atoms with E-state index in [4.69, 9.17) is 5.11 Å². The van der Waals surface area contributed by atoms with Crippen LogP contribution in [0.15, 0.2) is 12.3 Å². The summed E-state index contributed by atoms with van der Waals surface area (Å²) in [7, 11) is 0. The van der Waals surface area contributed by atoms with Crippen molar-refractivity contribution in [1.82, 2.24) is 5.06 Å². The Bertz CT molecular complexity index is 211. The van der Waals surface area contributed by atoms with Crippen LogP contribution in [0.3, 0.4) is 0 Å². The highest BCUT2D eigenvalue weighted by molar-refractivity contribution is 5.81. The maximum absolute atomic E-state index is 10.5. The summed E-state index contributed by atoms with van der Waals surface area (Å²) in [6.45, 7) is 0.531. The van der Waals surface area contributed by atoms with Gasteiger partial charge in [-0.15, -0.1) is 0 Å². The Morgan fingerprint density at radius 1 is 1.73 bits per heavy atom. The minimum atomic E-state index is -1.10. The van der Waals surface area contributed by atoms with Crippen molar-refractivity contribution in [3.63, 3.8) is 0 Å². The summed E-state index contributed by atoms with van der Waals surface area (Å²) in [5.41, 5.74) is 0. The van der Waals surface area contributed by atoms with Crippen molar-refractivity contribution in [3.8, 4) is 0 Å². The number of β-lactam (4-membered cyclic amide) rings is 1. The van der Waals surface area contributed by atoms with Gasteiger partial charge in [-0.25, -0.2) is 4.79 Å². The normalized spacial score (nSPS) is 16.7. The predicted octanol–water partition coefficient (Wildman–Crippen LogP) is -0.251. The second kappa shape index (κ2) is 3.05. The zero-order valence-corrected chi connectivity index (χ0v) is 5.69. The Morgan fingerprint density at radius 2 is 2.45 bits per heavy atom. The number of hydroxylamine groups is 2. The third-order valence-electron chi connectivity index (χ3n) is 1.21. The number of aliphatic carboxylic acids is 1. The number of hydrogen-bond acceptors (Lipinski definition) is 3. The van der Waals surface area contributed by atoms with E-state index >= 15 is 0 Å². The highest BCUT2D eigenvalue weighted by Gasteiger charge is 2.24. The molecule has 0 spiro atoms. The van der Waals surface area contributed by atoms with Crippen LogP contribution < -0.4 is 0 Å². The number of carbonyl (C=O) groups excluding carboxylic acids is 1. The van der Waals surface area contributed by atoms with E-state index < -0.39 is 5.97 Å². The number of rotatable bonds is 3. The maximum atomic E-state index is 10.5. The summed E-state index contributed by atoms with van der Waals surface area (Å²) in [4.78, 5) is 25.0. The van der Waals surface area contributed by atoms with E-state index in [2.05, 4.69) is 4.84 Å². The van der Waals surface area contributed by atoms with Gasteiger partial charge in [-0.3, -0.25) is 4.79 Å². The first-order valence-corrected chi connectivity index (χ1v) is 3.07. The second-order valence-electron chi connectivity index (χ2n) is 1.99. The van der Waals surface area contributed by atoms with Crippen LogP contribution in [0.4, 0.5) is 0 Å². The first kappa shape index (κ1) is 7.59. The number of carboxylic acid groups (broad SMARTS) is 1. The van der Waals surface area contributed by atoms with Crippen molar-refractivity contribution in [3.05, 3.63) is 12.3 Å². The smallest absolute Gasteiger partial charge is 0.331 e. The predicted molar refractivity (Wildman–Crippen MR) is 34.2 cm³/mol. The number of amides is 1. The molecule has 11 heavy (non-hydrogen) atoms. The molecule has 1 amide bonds. The van der Waals surface area contributed by atoms with Crippen molar-refractivity contribution >= 4 is 11.9 Å². The highest BCUT2D eigenvalue weighted by Crippen LogP contribution is 2.08. The maximum Gasteiger partial charge on any atom is 0.331 e. The van der Waals surface area contributed by atoms with Crippen LogP contribution in [0.25, 0.3) is 0 Å². The van der Waals surface area contributed by atoms with Gasteiger partial charge in [-0.05, 0) is 0 Å². The van der Waals surface area contributed by atoms with Gasteiger partial charge in [0.1, 0.15) is 6.26 Å². The van der Waals surface area contributed by atoms with Crippen molar-refractivity contribution in [1.29, 1.82) is 0 Å². The van der Waals surface area contributed by atoms with Gasteiger partial charge in [0.05, 0.1) is 19.0 Å². The lowest BCUT2D eigenvalue weighted by Crippen LogP contribution is -2.41. The SMILES string of the molecule is O=C(O)C=CON1CCC1=O. The largest absolute Gasteiger partial charge is 0.478 e. The Morgan fingerprint density at radius 3 is 2.82 bits per heavy atom. The number of carboxylic acids is 1. The molecule has 1 fully saturated rings. The van der Waals surface area contributed by atoms with E-state index in [9.17, 15) is 9.59 Å². The van der Waals surface area contributed by atoms with Crippen LogP contribution in [0, 0.1) is 0 Å². The van der Waals surface area contributed by atoms with Gasteiger partial charge >= 0.3 is 5.97 Å². The molecule has 0 saturated carbocycles. The van der Waals surface area contributed by atoms with Crippen molar-refractivity contribution < 1.29 is 19.5 Å². The van der Waals surface area contributed by atoms with Gasteiger partial charge in [-0.1, -0.05) is 0 Å². The summed E-state index contributed by atoms with van der Waals surface area (Å²) < 4.78 is 0.